The van der Waals surface area contributed by atoms with E-state index in [-0.39, 0.29) is 12.1 Å². The predicted molar refractivity (Wildman–Crippen MR) is 140 cm³/mol. The van der Waals surface area contributed by atoms with Gasteiger partial charge in [0.05, 0.1) is 18.9 Å². The molecule has 1 fully saturated rings. The summed E-state index contributed by atoms with van der Waals surface area (Å²) in [5.74, 6) is 0. The minimum absolute atomic E-state index is 0.0209. The second-order valence-corrected chi connectivity index (χ2v) is 10.1. The molecule has 184 valence electrons. The van der Waals surface area contributed by atoms with Gasteiger partial charge in [0.15, 0.2) is 0 Å². The van der Waals surface area contributed by atoms with Crippen LogP contribution in [0.25, 0.3) is 16.7 Å². The van der Waals surface area contributed by atoms with Crippen molar-refractivity contribution in [2.24, 2.45) is 0 Å². The fourth-order valence-electron chi connectivity index (χ4n) is 5.25. The smallest absolute Gasteiger partial charge is 0.317 e. The Morgan fingerprint density at radius 1 is 1.11 bits per heavy atom. The lowest BCUT2D eigenvalue weighted by Gasteiger charge is -2.28. The number of benzene rings is 1. The van der Waals surface area contributed by atoms with E-state index >= 15 is 0 Å². The van der Waals surface area contributed by atoms with E-state index in [2.05, 4.69) is 53.6 Å². The molecule has 2 aliphatic heterocycles. The Labute approximate surface area is 208 Å². The van der Waals surface area contributed by atoms with E-state index in [4.69, 9.17) is 9.72 Å². The second kappa shape index (κ2) is 10.3. The molecular formula is C29H36N4O2. The summed E-state index contributed by atoms with van der Waals surface area (Å²) >= 11 is 0. The summed E-state index contributed by atoms with van der Waals surface area (Å²) in [5, 5.41) is 2.99. The number of aryl methyl sites for hydroxylation is 1. The predicted octanol–water partition coefficient (Wildman–Crippen LogP) is 4.58. The number of pyridine rings is 1. The van der Waals surface area contributed by atoms with Crippen LogP contribution in [0.2, 0.25) is 0 Å². The summed E-state index contributed by atoms with van der Waals surface area (Å²) in [7, 11) is 0. The molecule has 2 aromatic rings. The van der Waals surface area contributed by atoms with Crippen LogP contribution in [0.1, 0.15) is 42.7 Å². The van der Waals surface area contributed by atoms with Gasteiger partial charge in [0, 0.05) is 62.5 Å². The zero-order valence-electron chi connectivity index (χ0n) is 21.1. The Morgan fingerprint density at radius 2 is 1.94 bits per heavy atom. The number of carbonyl (C=O) groups excluding carboxylic acids is 1. The number of nitrogens with one attached hydrogen (secondary N) is 1. The van der Waals surface area contributed by atoms with Crippen molar-refractivity contribution in [3.8, 4) is 11.1 Å². The maximum Gasteiger partial charge on any atom is 0.317 e. The number of aromatic nitrogens is 1. The highest BCUT2D eigenvalue weighted by atomic mass is 16.5. The van der Waals surface area contributed by atoms with Crippen LogP contribution in [0.5, 0.6) is 0 Å². The average molecular weight is 473 g/mol. The summed E-state index contributed by atoms with van der Waals surface area (Å²) in [6.07, 6.45) is 8.28. The molecule has 0 unspecified atom stereocenters. The average Bonchev–Trinajstić information content (AvgIpc) is 3.28. The molecule has 0 saturated carbocycles. The van der Waals surface area contributed by atoms with Crippen molar-refractivity contribution in [2.75, 3.05) is 39.4 Å². The molecule has 3 aliphatic rings. The van der Waals surface area contributed by atoms with Crippen LogP contribution < -0.4 is 5.32 Å². The van der Waals surface area contributed by atoms with E-state index in [1.807, 2.05) is 24.9 Å². The monoisotopic (exact) mass is 472 g/mol. The summed E-state index contributed by atoms with van der Waals surface area (Å²) in [5.41, 5.74) is 10.0. The van der Waals surface area contributed by atoms with E-state index in [0.29, 0.717) is 6.54 Å². The van der Waals surface area contributed by atoms with Crippen molar-refractivity contribution in [2.45, 2.75) is 46.2 Å². The number of nitrogens with zero attached hydrogens (tertiary/aromatic N) is 3. The van der Waals surface area contributed by atoms with Gasteiger partial charge in [-0.3, -0.25) is 9.88 Å². The molecule has 1 aromatic heterocycles. The number of rotatable bonds is 5. The molecular weight excluding hydrogens is 436 g/mol. The molecule has 1 saturated heterocycles. The lowest BCUT2D eigenvalue weighted by atomic mass is 9.93. The van der Waals surface area contributed by atoms with Crippen molar-refractivity contribution in [1.82, 2.24) is 20.1 Å². The SMILES string of the molecule is Cc1cc(CN2CCOCC2)ccc1-c1cnc2c(c1)C(C1=CCN(C(=O)NC(C)C)CC1)=CC2. The topological polar surface area (TPSA) is 57.7 Å². The molecule has 0 bridgehead atoms. The van der Waals surface area contributed by atoms with Gasteiger partial charge in [0.25, 0.3) is 0 Å². The maximum absolute atomic E-state index is 12.4. The molecule has 1 aromatic carbocycles. The van der Waals surface area contributed by atoms with E-state index in [1.165, 1.54) is 39.0 Å². The molecule has 0 spiro atoms. The van der Waals surface area contributed by atoms with Gasteiger partial charge in [-0.2, -0.15) is 0 Å². The van der Waals surface area contributed by atoms with Gasteiger partial charge in [-0.05, 0) is 61.1 Å². The number of amides is 2. The van der Waals surface area contributed by atoms with Crippen molar-refractivity contribution < 1.29 is 9.53 Å². The Kier molecular flexibility index (Phi) is 7.02. The van der Waals surface area contributed by atoms with Crippen LogP contribution in [0, 0.1) is 6.92 Å². The van der Waals surface area contributed by atoms with Crippen molar-refractivity contribution in [3.63, 3.8) is 0 Å². The number of urea groups is 1. The van der Waals surface area contributed by atoms with Crippen LogP contribution in [-0.4, -0.2) is 66.2 Å². The molecule has 0 radical (unpaired) electrons. The fourth-order valence-corrected chi connectivity index (χ4v) is 5.25. The van der Waals surface area contributed by atoms with Crippen LogP contribution >= 0.6 is 0 Å². The van der Waals surface area contributed by atoms with Gasteiger partial charge >= 0.3 is 6.03 Å². The Balaban J connectivity index is 1.32. The Morgan fingerprint density at radius 3 is 2.66 bits per heavy atom. The Hall–Kier alpha value is -2.96. The lowest BCUT2D eigenvalue weighted by Crippen LogP contribution is -2.44. The fraction of sp³-hybridized carbons (Fsp3) is 0.448. The van der Waals surface area contributed by atoms with Gasteiger partial charge in [0.1, 0.15) is 0 Å². The summed E-state index contributed by atoms with van der Waals surface area (Å²) in [6.45, 7) is 12.2. The highest BCUT2D eigenvalue weighted by molar-refractivity contribution is 5.86. The highest BCUT2D eigenvalue weighted by Crippen LogP contribution is 2.37. The van der Waals surface area contributed by atoms with Crippen molar-refractivity contribution in [3.05, 3.63) is 70.6 Å². The quantitative estimate of drug-likeness (QED) is 0.692. The van der Waals surface area contributed by atoms with E-state index in [1.54, 1.807) is 0 Å². The number of hydrogen-bond acceptors (Lipinski definition) is 4. The zero-order chi connectivity index (χ0) is 24.4. The number of hydrogen-bond donors (Lipinski definition) is 1. The largest absolute Gasteiger partial charge is 0.379 e. The maximum atomic E-state index is 12.4. The van der Waals surface area contributed by atoms with Crippen LogP contribution in [0.4, 0.5) is 4.79 Å². The molecule has 1 N–H and O–H groups in total. The highest BCUT2D eigenvalue weighted by Gasteiger charge is 2.24. The number of allylic oxidation sites excluding steroid dienone is 2. The van der Waals surface area contributed by atoms with Gasteiger partial charge in [-0.1, -0.05) is 30.4 Å². The van der Waals surface area contributed by atoms with Crippen molar-refractivity contribution in [1.29, 1.82) is 0 Å². The summed E-state index contributed by atoms with van der Waals surface area (Å²) in [4.78, 5) is 21.5. The minimum atomic E-state index is 0.0209. The molecule has 3 heterocycles. The van der Waals surface area contributed by atoms with Gasteiger partial charge < -0.3 is 15.0 Å². The van der Waals surface area contributed by atoms with Crippen LogP contribution in [0.3, 0.4) is 0 Å². The first-order valence-corrected chi connectivity index (χ1v) is 12.8. The molecule has 0 atom stereocenters. The van der Waals surface area contributed by atoms with Crippen molar-refractivity contribution >= 4 is 11.6 Å². The second-order valence-electron chi connectivity index (χ2n) is 10.1. The number of morpholine rings is 1. The third-order valence-corrected chi connectivity index (χ3v) is 7.13. The Bertz CT molecular complexity index is 1160. The van der Waals surface area contributed by atoms with Crippen LogP contribution in [-0.2, 0) is 17.7 Å². The van der Waals surface area contributed by atoms with E-state index in [0.717, 1.165) is 57.9 Å². The normalized spacial score (nSPS) is 18.3. The summed E-state index contributed by atoms with van der Waals surface area (Å²) in [6, 6.07) is 9.30. The molecule has 2 amide bonds. The molecule has 5 rings (SSSR count). The van der Waals surface area contributed by atoms with E-state index in [9.17, 15) is 4.79 Å². The number of carbonyl (C=O) groups is 1. The number of fused-ring (bicyclic) bond motifs is 1. The first-order chi connectivity index (χ1) is 17.0. The minimum Gasteiger partial charge on any atom is -0.379 e. The third kappa shape index (κ3) is 5.34. The van der Waals surface area contributed by atoms with Gasteiger partial charge in [-0.25, -0.2) is 4.79 Å². The van der Waals surface area contributed by atoms with Gasteiger partial charge in [0.2, 0.25) is 0 Å². The molecule has 1 aliphatic carbocycles. The first-order valence-electron chi connectivity index (χ1n) is 12.8. The molecule has 35 heavy (non-hydrogen) atoms. The summed E-state index contributed by atoms with van der Waals surface area (Å²) < 4.78 is 5.48. The third-order valence-electron chi connectivity index (χ3n) is 7.13. The first kappa shape index (κ1) is 23.8. The zero-order valence-corrected chi connectivity index (χ0v) is 21.1. The standard InChI is InChI=1S/C29H36N4O2/c1-20(2)31-29(34)33-10-8-23(9-11-33)26-6-7-28-27(26)17-24(18-30-28)25-5-4-22(16-21(25)3)19-32-12-14-35-15-13-32/h4-6,8,16-18,20H,7,9-15,19H2,1-3H3,(H,31,34). The number of ether oxygens (including phenoxy) is 1. The van der Waals surface area contributed by atoms with E-state index < -0.39 is 0 Å². The molecule has 6 nitrogen and oxygen atoms in total. The lowest BCUT2D eigenvalue weighted by molar-refractivity contribution is 0.0342. The van der Waals surface area contributed by atoms with Crippen LogP contribution in [0.15, 0.2) is 48.2 Å². The van der Waals surface area contributed by atoms with Gasteiger partial charge in [-0.15, -0.1) is 0 Å². The molecule has 6 heteroatoms.